The first-order valence-electron chi connectivity index (χ1n) is 5.79. The molecule has 1 fully saturated rings. The highest BCUT2D eigenvalue weighted by Crippen LogP contribution is 2.42. The first-order chi connectivity index (χ1) is 6.90. The molecule has 1 N–H and O–H groups in total. The second-order valence-corrected chi connectivity index (χ2v) is 5.23. The van der Waals surface area contributed by atoms with Gasteiger partial charge in [-0.25, -0.2) is 0 Å². The van der Waals surface area contributed by atoms with E-state index in [4.69, 9.17) is 5.11 Å². The Morgan fingerprint density at radius 2 is 2.07 bits per heavy atom. The van der Waals surface area contributed by atoms with Gasteiger partial charge in [-0.1, -0.05) is 26.7 Å². The summed E-state index contributed by atoms with van der Waals surface area (Å²) in [6, 6.07) is 0. The molecular formula is C12H23NO2. The minimum Gasteiger partial charge on any atom is -0.481 e. The molecule has 3 nitrogen and oxygen atoms in total. The van der Waals surface area contributed by atoms with Crippen LogP contribution in [0.15, 0.2) is 0 Å². The lowest BCUT2D eigenvalue weighted by atomic mass is 9.66. The Bertz CT molecular complexity index is 240. The predicted molar refractivity (Wildman–Crippen MR) is 60.8 cm³/mol. The molecule has 0 aromatic rings. The van der Waals surface area contributed by atoms with E-state index in [2.05, 4.69) is 18.7 Å². The van der Waals surface area contributed by atoms with Crippen LogP contribution in [0.1, 0.15) is 39.5 Å². The molecule has 0 saturated heterocycles. The van der Waals surface area contributed by atoms with E-state index in [9.17, 15) is 4.79 Å². The molecule has 3 unspecified atom stereocenters. The zero-order valence-corrected chi connectivity index (χ0v) is 10.3. The first-order valence-corrected chi connectivity index (χ1v) is 5.79. The van der Waals surface area contributed by atoms with Gasteiger partial charge in [-0.05, 0) is 32.4 Å². The fourth-order valence-corrected chi connectivity index (χ4v) is 3.04. The molecule has 0 aliphatic heterocycles. The van der Waals surface area contributed by atoms with Crippen LogP contribution in [0.4, 0.5) is 0 Å². The minimum absolute atomic E-state index is 0.135. The van der Waals surface area contributed by atoms with Gasteiger partial charge in [0.15, 0.2) is 0 Å². The summed E-state index contributed by atoms with van der Waals surface area (Å²) >= 11 is 0. The lowest BCUT2D eigenvalue weighted by Gasteiger charge is -2.49. The number of carboxylic acid groups (broad SMARTS) is 1. The van der Waals surface area contributed by atoms with Gasteiger partial charge in [-0.2, -0.15) is 0 Å². The van der Waals surface area contributed by atoms with Crippen molar-refractivity contribution >= 4 is 5.97 Å². The highest BCUT2D eigenvalue weighted by Gasteiger charge is 2.44. The molecule has 3 heteroatoms. The summed E-state index contributed by atoms with van der Waals surface area (Å²) in [6.45, 7) is 4.44. The molecule has 0 aromatic heterocycles. The molecule has 0 spiro atoms. The normalized spacial score (nSPS) is 36.9. The summed E-state index contributed by atoms with van der Waals surface area (Å²) in [7, 11) is 4.02. The Morgan fingerprint density at radius 1 is 1.47 bits per heavy atom. The van der Waals surface area contributed by atoms with Crippen molar-refractivity contribution in [3.05, 3.63) is 0 Å². The van der Waals surface area contributed by atoms with Crippen LogP contribution in [0.5, 0.6) is 0 Å². The second kappa shape index (κ2) is 4.52. The van der Waals surface area contributed by atoms with Gasteiger partial charge in [0.05, 0.1) is 6.42 Å². The zero-order chi connectivity index (χ0) is 11.6. The predicted octanol–water partition coefficient (Wildman–Crippen LogP) is 2.22. The lowest BCUT2D eigenvalue weighted by molar-refractivity contribution is -0.142. The lowest BCUT2D eigenvalue weighted by Crippen LogP contribution is -2.54. The number of carbonyl (C=O) groups is 1. The van der Waals surface area contributed by atoms with Gasteiger partial charge in [-0.15, -0.1) is 0 Å². The number of carboxylic acids is 1. The standard InChI is InChI=1S/C12H23NO2/c1-9-6-5-7-12(10(9)2,13(3)4)8-11(14)15/h9-10H,5-8H2,1-4H3,(H,14,15). The summed E-state index contributed by atoms with van der Waals surface area (Å²) < 4.78 is 0. The molecule has 1 saturated carbocycles. The van der Waals surface area contributed by atoms with Crippen molar-refractivity contribution < 1.29 is 9.90 Å². The summed E-state index contributed by atoms with van der Waals surface area (Å²) in [5.74, 6) is 0.405. The third-order valence-corrected chi connectivity index (χ3v) is 4.32. The maximum Gasteiger partial charge on any atom is 0.305 e. The van der Waals surface area contributed by atoms with Gasteiger partial charge in [-0.3, -0.25) is 4.79 Å². The van der Waals surface area contributed by atoms with E-state index in [1.165, 1.54) is 6.42 Å². The van der Waals surface area contributed by atoms with Crippen molar-refractivity contribution in [2.75, 3.05) is 14.1 Å². The van der Waals surface area contributed by atoms with E-state index in [-0.39, 0.29) is 12.0 Å². The molecule has 0 radical (unpaired) electrons. The Labute approximate surface area is 92.5 Å². The molecule has 3 atom stereocenters. The number of hydrogen-bond donors (Lipinski definition) is 1. The summed E-state index contributed by atoms with van der Waals surface area (Å²) in [5.41, 5.74) is -0.135. The fraction of sp³-hybridized carbons (Fsp3) is 0.917. The topological polar surface area (TPSA) is 40.5 Å². The van der Waals surface area contributed by atoms with Crippen LogP contribution in [-0.4, -0.2) is 35.6 Å². The Balaban J connectivity index is 2.92. The van der Waals surface area contributed by atoms with E-state index in [1.807, 2.05) is 14.1 Å². The molecule has 1 rings (SSSR count). The molecule has 88 valence electrons. The molecule has 0 aromatic carbocycles. The molecule has 0 amide bonds. The van der Waals surface area contributed by atoms with Gasteiger partial charge in [0.2, 0.25) is 0 Å². The van der Waals surface area contributed by atoms with Crippen LogP contribution in [0.3, 0.4) is 0 Å². The van der Waals surface area contributed by atoms with Crippen molar-refractivity contribution in [3.63, 3.8) is 0 Å². The number of rotatable bonds is 3. The van der Waals surface area contributed by atoms with E-state index in [0.29, 0.717) is 11.8 Å². The van der Waals surface area contributed by atoms with Crippen LogP contribution in [0.2, 0.25) is 0 Å². The van der Waals surface area contributed by atoms with Gasteiger partial charge >= 0.3 is 5.97 Å². The molecule has 1 aliphatic rings. The van der Waals surface area contributed by atoms with E-state index < -0.39 is 5.97 Å². The van der Waals surface area contributed by atoms with Gasteiger partial charge in [0.1, 0.15) is 0 Å². The number of hydrogen-bond acceptors (Lipinski definition) is 2. The number of nitrogens with zero attached hydrogens (tertiary/aromatic N) is 1. The van der Waals surface area contributed by atoms with E-state index in [0.717, 1.165) is 12.8 Å². The van der Waals surface area contributed by atoms with Gasteiger partial charge in [0, 0.05) is 5.54 Å². The van der Waals surface area contributed by atoms with Crippen LogP contribution >= 0.6 is 0 Å². The van der Waals surface area contributed by atoms with Crippen molar-refractivity contribution in [3.8, 4) is 0 Å². The Morgan fingerprint density at radius 3 is 2.53 bits per heavy atom. The highest BCUT2D eigenvalue weighted by atomic mass is 16.4. The van der Waals surface area contributed by atoms with Crippen molar-refractivity contribution in [2.24, 2.45) is 11.8 Å². The molecular weight excluding hydrogens is 190 g/mol. The fourth-order valence-electron chi connectivity index (χ4n) is 3.04. The van der Waals surface area contributed by atoms with Crippen LogP contribution in [0.25, 0.3) is 0 Å². The number of aliphatic carboxylic acids is 1. The quantitative estimate of drug-likeness (QED) is 0.781. The van der Waals surface area contributed by atoms with Crippen LogP contribution in [0, 0.1) is 11.8 Å². The average Bonchev–Trinajstić information content (AvgIpc) is 2.12. The van der Waals surface area contributed by atoms with E-state index in [1.54, 1.807) is 0 Å². The Kier molecular flexibility index (Phi) is 3.77. The zero-order valence-electron chi connectivity index (χ0n) is 10.3. The van der Waals surface area contributed by atoms with Crippen LogP contribution < -0.4 is 0 Å². The van der Waals surface area contributed by atoms with Crippen molar-refractivity contribution in [1.82, 2.24) is 4.90 Å². The molecule has 15 heavy (non-hydrogen) atoms. The van der Waals surface area contributed by atoms with Crippen molar-refractivity contribution in [2.45, 2.75) is 45.1 Å². The maximum atomic E-state index is 11.0. The van der Waals surface area contributed by atoms with E-state index >= 15 is 0 Å². The summed E-state index contributed by atoms with van der Waals surface area (Å²) in [4.78, 5) is 13.1. The third kappa shape index (κ3) is 2.33. The molecule has 1 aliphatic carbocycles. The Hall–Kier alpha value is -0.570. The maximum absolute atomic E-state index is 11.0. The van der Waals surface area contributed by atoms with Crippen LogP contribution in [-0.2, 0) is 4.79 Å². The monoisotopic (exact) mass is 213 g/mol. The van der Waals surface area contributed by atoms with Gasteiger partial charge in [0.25, 0.3) is 0 Å². The third-order valence-electron chi connectivity index (χ3n) is 4.32. The highest BCUT2D eigenvalue weighted by molar-refractivity contribution is 5.68. The molecule has 0 heterocycles. The first kappa shape index (κ1) is 12.5. The summed E-state index contributed by atoms with van der Waals surface area (Å²) in [5, 5.41) is 9.06. The smallest absolute Gasteiger partial charge is 0.305 e. The summed E-state index contributed by atoms with van der Waals surface area (Å²) in [6.07, 6.45) is 3.66. The second-order valence-electron chi connectivity index (χ2n) is 5.23. The van der Waals surface area contributed by atoms with Gasteiger partial charge < -0.3 is 10.0 Å². The SMILES string of the molecule is CC1CCCC(CC(=O)O)(N(C)C)C1C. The van der Waals surface area contributed by atoms with Crippen molar-refractivity contribution in [1.29, 1.82) is 0 Å². The largest absolute Gasteiger partial charge is 0.481 e. The minimum atomic E-state index is -0.676. The average molecular weight is 213 g/mol. The molecule has 0 bridgehead atoms.